The summed E-state index contributed by atoms with van der Waals surface area (Å²) in [5, 5.41) is 6.98. The van der Waals surface area contributed by atoms with Gasteiger partial charge in [-0.05, 0) is 61.7 Å². The molecule has 1 N–H and O–H groups in total. The number of carbonyl (C=O) groups is 1. The Morgan fingerprint density at radius 1 is 0.964 bits per heavy atom. The molecule has 2 aromatic carbocycles. The predicted octanol–water partition coefficient (Wildman–Crippen LogP) is 4.39. The molecule has 3 aromatic rings. The first-order valence-electron chi connectivity index (χ1n) is 9.27. The van der Waals surface area contributed by atoms with Crippen molar-refractivity contribution in [2.75, 3.05) is 23.3 Å². The Hall–Kier alpha value is -3.22. The Balaban J connectivity index is 1.56. The Morgan fingerprint density at radius 3 is 2.54 bits per heavy atom. The SMILES string of the molecule is O=C(Nc1cc(F)ccc1N1CCCCC1)c1ccn(-c2cccc(F)c2)n1. The Bertz CT molecular complexity index is 996. The third kappa shape index (κ3) is 3.88. The lowest BCUT2D eigenvalue weighted by Crippen LogP contribution is -2.30. The molecule has 0 aliphatic carbocycles. The zero-order valence-corrected chi connectivity index (χ0v) is 15.2. The van der Waals surface area contributed by atoms with Crippen LogP contribution >= 0.6 is 0 Å². The minimum absolute atomic E-state index is 0.165. The van der Waals surface area contributed by atoms with Gasteiger partial charge in [-0.3, -0.25) is 4.79 Å². The van der Waals surface area contributed by atoms with E-state index in [1.807, 2.05) is 0 Å². The molecule has 0 saturated carbocycles. The molecule has 0 atom stereocenters. The molecule has 7 heteroatoms. The van der Waals surface area contributed by atoms with Gasteiger partial charge in [0.15, 0.2) is 5.69 Å². The first kappa shape index (κ1) is 18.2. The van der Waals surface area contributed by atoms with Crippen molar-refractivity contribution >= 4 is 17.3 Å². The van der Waals surface area contributed by atoms with E-state index in [0.717, 1.165) is 31.6 Å². The van der Waals surface area contributed by atoms with Crippen LogP contribution in [0, 0.1) is 11.6 Å². The highest BCUT2D eigenvalue weighted by molar-refractivity contribution is 6.04. The molecule has 0 unspecified atom stereocenters. The number of hydrogen-bond acceptors (Lipinski definition) is 3. The molecule has 1 fully saturated rings. The molecule has 0 spiro atoms. The summed E-state index contributed by atoms with van der Waals surface area (Å²) in [5.74, 6) is -1.25. The summed E-state index contributed by atoms with van der Waals surface area (Å²) in [5.41, 5.74) is 1.91. The van der Waals surface area contributed by atoms with E-state index in [1.54, 1.807) is 30.5 Å². The van der Waals surface area contributed by atoms with Gasteiger partial charge in [0.1, 0.15) is 11.6 Å². The molecular formula is C21H20F2N4O. The van der Waals surface area contributed by atoms with Gasteiger partial charge in [0, 0.05) is 19.3 Å². The number of anilines is 2. The summed E-state index contributed by atoms with van der Waals surface area (Å²) in [6, 6.07) is 11.9. The van der Waals surface area contributed by atoms with Crippen LogP contribution in [0.5, 0.6) is 0 Å². The van der Waals surface area contributed by atoms with E-state index in [0.29, 0.717) is 11.4 Å². The van der Waals surface area contributed by atoms with E-state index in [2.05, 4.69) is 15.3 Å². The lowest BCUT2D eigenvalue weighted by molar-refractivity contribution is 0.102. The van der Waals surface area contributed by atoms with Gasteiger partial charge in [-0.2, -0.15) is 5.10 Å². The maximum absolute atomic E-state index is 13.8. The zero-order chi connectivity index (χ0) is 19.5. The third-order valence-corrected chi connectivity index (χ3v) is 4.80. The zero-order valence-electron chi connectivity index (χ0n) is 15.2. The normalized spacial score (nSPS) is 14.1. The fraction of sp³-hybridized carbons (Fsp3) is 0.238. The fourth-order valence-corrected chi connectivity index (χ4v) is 3.41. The Morgan fingerprint density at radius 2 is 1.75 bits per heavy atom. The molecule has 0 bridgehead atoms. The van der Waals surface area contributed by atoms with Crippen molar-refractivity contribution in [2.45, 2.75) is 19.3 Å². The third-order valence-electron chi connectivity index (χ3n) is 4.80. The number of hydrogen-bond donors (Lipinski definition) is 1. The molecule has 5 nitrogen and oxygen atoms in total. The summed E-state index contributed by atoms with van der Waals surface area (Å²) in [6.07, 6.45) is 4.91. The van der Waals surface area contributed by atoms with Crippen molar-refractivity contribution in [2.24, 2.45) is 0 Å². The Labute approximate surface area is 161 Å². The highest BCUT2D eigenvalue weighted by atomic mass is 19.1. The van der Waals surface area contributed by atoms with Gasteiger partial charge in [-0.25, -0.2) is 13.5 Å². The minimum atomic E-state index is -0.445. The summed E-state index contributed by atoms with van der Waals surface area (Å²) >= 11 is 0. The fourth-order valence-electron chi connectivity index (χ4n) is 3.41. The molecule has 1 aliphatic heterocycles. The van der Waals surface area contributed by atoms with Crippen molar-refractivity contribution in [1.29, 1.82) is 0 Å². The van der Waals surface area contributed by atoms with E-state index in [1.165, 1.54) is 35.4 Å². The molecule has 0 radical (unpaired) electrons. The van der Waals surface area contributed by atoms with Crippen molar-refractivity contribution in [3.8, 4) is 5.69 Å². The average molecular weight is 382 g/mol. The van der Waals surface area contributed by atoms with Gasteiger partial charge in [0.05, 0.1) is 17.1 Å². The lowest BCUT2D eigenvalue weighted by atomic mass is 10.1. The summed E-state index contributed by atoms with van der Waals surface area (Å²) in [7, 11) is 0. The first-order valence-corrected chi connectivity index (χ1v) is 9.27. The quantitative estimate of drug-likeness (QED) is 0.728. The van der Waals surface area contributed by atoms with Crippen LogP contribution in [0.3, 0.4) is 0 Å². The topological polar surface area (TPSA) is 50.2 Å². The van der Waals surface area contributed by atoms with Crippen molar-refractivity contribution < 1.29 is 13.6 Å². The molecule has 1 aliphatic rings. The molecule has 144 valence electrons. The number of aromatic nitrogens is 2. The number of amides is 1. The van der Waals surface area contributed by atoms with Crippen LogP contribution in [-0.2, 0) is 0 Å². The average Bonchev–Trinajstić information content (AvgIpc) is 3.19. The van der Waals surface area contributed by atoms with E-state index >= 15 is 0 Å². The maximum atomic E-state index is 13.8. The number of piperidine rings is 1. The second-order valence-corrected chi connectivity index (χ2v) is 6.79. The number of nitrogens with zero attached hydrogens (tertiary/aromatic N) is 3. The van der Waals surface area contributed by atoms with Crippen LogP contribution in [0.25, 0.3) is 5.69 Å². The monoisotopic (exact) mass is 382 g/mol. The summed E-state index contributed by atoms with van der Waals surface area (Å²) in [4.78, 5) is 14.8. The summed E-state index contributed by atoms with van der Waals surface area (Å²) in [6.45, 7) is 1.76. The van der Waals surface area contributed by atoms with Crippen molar-refractivity contribution in [3.05, 3.63) is 72.1 Å². The van der Waals surface area contributed by atoms with Gasteiger partial charge < -0.3 is 10.2 Å². The molecule has 1 amide bonds. The molecule has 2 heterocycles. The predicted molar refractivity (Wildman–Crippen MR) is 104 cm³/mol. The van der Waals surface area contributed by atoms with E-state index in [-0.39, 0.29) is 11.5 Å². The van der Waals surface area contributed by atoms with E-state index < -0.39 is 11.7 Å². The lowest BCUT2D eigenvalue weighted by Gasteiger charge is -2.30. The second kappa shape index (κ2) is 7.80. The minimum Gasteiger partial charge on any atom is -0.370 e. The molecular weight excluding hydrogens is 362 g/mol. The highest BCUT2D eigenvalue weighted by Crippen LogP contribution is 2.29. The van der Waals surface area contributed by atoms with Crippen LogP contribution in [0.15, 0.2) is 54.7 Å². The first-order chi connectivity index (χ1) is 13.6. The van der Waals surface area contributed by atoms with Gasteiger partial charge in [-0.1, -0.05) is 6.07 Å². The number of carbonyl (C=O) groups excluding carboxylic acids is 1. The van der Waals surface area contributed by atoms with Gasteiger partial charge in [0.25, 0.3) is 5.91 Å². The number of nitrogens with one attached hydrogen (secondary N) is 1. The number of halogens is 2. The van der Waals surface area contributed by atoms with Crippen LogP contribution < -0.4 is 10.2 Å². The van der Waals surface area contributed by atoms with Crippen molar-refractivity contribution in [1.82, 2.24) is 9.78 Å². The van der Waals surface area contributed by atoms with Crippen LogP contribution in [0.2, 0.25) is 0 Å². The van der Waals surface area contributed by atoms with Gasteiger partial charge in [0.2, 0.25) is 0 Å². The standard InChI is InChI=1S/C21H20F2N4O/c22-15-5-4-6-17(13-15)27-12-9-18(25-27)21(28)24-19-14-16(23)7-8-20(19)26-10-2-1-3-11-26/h4-9,12-14H,1-3,10-11H2,(H,24,28). The molecule has 28 heavy (non-hydrogen) atoms. The van der Waals surface area contributed by atoms with E-state index in [4.69, 9.17) is 0 Å². The molecule has 4 rings (SSSR count). The summed E-state index contributed by atoms with van der Waals surface area (Å²) < 4.78 is 28.6. The van der Waals surface area contributed by atoms with Gasteiger partial charge >= 0.3 is 0 Å². The molecule has 1 aromatic heterocycles. The Kier molecular flexibility index (Phi) is 5.06. The van der Waals surface area contributed by atoms with E-state index in [9.17, 15) is 13.6 Å². The number of rotatable bonds is 4. The van der Waals surface area contributed by atoms with Crippen LogP contribution in [-0.4, -0.2) is 28.8 Å². The maximum Gasteiger partial charge on any atom is 0.276 e. The molecule has 1 saturated heterocycles. The van der Waals surface area contributed by atoms with Crippen LogP contribution in [0.1, 0.15) is 29.8 Å². The van der Waals surface area contributed by atoms with Crippen LogP contribution in [0.4, 0.5) is 20.2 Å². The largest absolute Gasteiger partial charge is 0.370 e. The smallest absolute Gasteiger partial charge is 0.276 e. The van der Waals surface area contributed by atoms with Crippen molar-refractivity contribution in [3.63, 3.8) is 0 Å². The highest BCUT2D eigenvalue weighted by Gasteiger charge is 2.18. The van der Waals surface area contributed by atoms with Gasteiger partial charge in [-0.15, -0.1) is 0 Å². The second-order valence-electron chi connectivity index (χ2n) is 6.79. The number of benzene rings is 2.